The van der Waals surface area contributed by atoms with Crippen molar-refractivity contribution in [2.45, 2.75) is 19.3 Å². The van der Waals surface area contributed by atoms with Crippen molar-refractivity contribution >= 4 is 38.8 Å². The molecule has 1 heterocycles. The number of hydrogen-bond donors (Lipinski definition) is 0. The second kappa shape index (κ2) is 10.6. The molecule has 2 nitrogen and oxygen atoms in total. The van der Waals surface area contributed by atoms with E-state index in [2.05, 4.69) is 176 Å². The Labute approximate surface area is 275 Å². The first-order valence-electron chi connectivity index (χ1n) is 16.3. The molecule has 1 aliphatic carbocycles. The van der Waals surface area contributed by atoms with E-state index in [1.165, 1.54) is 55.1 Å². The van der Waals surface area contributed by atoms with Gasteiger partial charge in [-0.05, 0) is 75.7 Å². The molecule has 2 heteroatoms. The van der Waals surface area contributed by atoms with Crippen molar-refractivity contribution in [3.8, 4) is 33.6 Å². The Bertz CT molecular complexity index is 2410. The maximum atomic E-state index is 6.40. The highest BCUT2D eigenvalue weighted by atomic mass is 16.3. The lowest BCUT2D eigenvalue weighted by Gasteiger charge is -2.27. The van der Waals surface area contributed by atoms with Gasteiger partial charge in [-0.25, -0.2) is 0 Å². The van der Waals surface area contributed by atoms with Crippen LogP contribution in [0.1, 0.15) is 25.0 Å². The van der Waals surface area contributed by atoms with Gasteiger partial charge in [-0.3, -0.25) is 0 Å². The number of fused-ring (bicyclic) bond motifs is 6. The predicted molar refractivity (Wildman–Crippen MR) is 197 cm³/mol. The third kappa shape index (κ3) is 4.40. The molecule has 0 fully saturated rings. The van der Waals surface area contributed by atoms with Gasteiger partial charge in [-0.15, -0.1) is 0 Å². The number of hydrogen-bond acceptors (Lipinski definition) is 2. The van der Waals surface area contributed by atoms with Gasteiger partial charge in [0.25, 0.3) is 0 Å². The summed E-state index contributed by atoms with van der Waals surface area (Å²) in [6.45, 7) is 4.63. The van der Waals surface area contributed by atoms with Gasteiger partial charge in [0.15, 0.2) is 0 Å². The minimum absolute atomic E-state index is 0.149. The largest absolute Gasteiger partial charge is 0.456 e. The van der Waals surface area contributed by atoms with E-state index in [1.807, 2.05) is 6.07 Å². The summed E-state index contributed by atoms with van der Waals surface area (Å²) in [5, 5.41) is 3.65. The molecule has 1 aromatic heterocycles. The van der Waals surface area contributed by atoms with E-state index >= 15 is 0 Å². The Morgan fingerprint density at radius 3 is 1.81 bits per heavy atom. The Morgan fingerprint density at radius 2 is 1.06 bits per heavy atom. The van der Waals surface area contributed by atoms with Crippen LogP contribution in [-0.2, 0) is 5.41 Å². The molecule has 1 aliphatic rings. The molecule has 7 aromatic carbocycles. The second-order valence-electron chi connectivity index (χ2n) is 13.0. The average molecular weight is 604 g/mol. The van der Waals surface area contributed by atoms with Gasteiger partial charge in [0.1, 0.15) is 11.3 Å². The molecule has 0 saturated carbocycles. The Hall–Kier alpha value is -5.86. The van der Waals surface area contributed by atoms with E-state index in [4.69, 9.17) is 4.42 Å². The minimum atomic E-state index is -0.149. The molecule has 0 aliphatic heterocycles. The zero-order valence-electron chi connectivity index (χ0n) is 26.4. The van der Waals surface area contributed by atoms with Crippen LogP contribution < -0.4 is 4.90 Å². The molecule has 0 radical (unpaired) electrons. The normalized spacial score (nSPS) is 13.1. The van der Waals surface area contributed by atoms with Crippen LogP contribution in [0.3, 0.4) is 0 Å². The summed E-state index contributed by atoms with van der Waals surface area (Å²) in [4.78, 5) is 2.37. The smallest absolute Gasteiger partial charge is 0.139 e. The van der Waals surface area contributed by atoms with Crippen LogP contribution >= 0.6 is 0 Å². The number of furan rings is 1. The number of benzene rings is 7. The van der Waals surface area contributed by atoms with Crippen molar-refractivity contribution in [2.24, 2.45) is 0 Å². The highest BCUT2D eigenvalue weighted by Gasteiger charge is 2.40. The lowest BCUT2D eigenvalue weighted by molar-refractivity contribution is 0.619. The minimum Gasteiger partial charge on any atom is -0.456 e. The van der Waals surface area contributed by atoms with Crippen LogP contribution in [0.2, 0.25) is 0 Å². The van der Waals surface area contributed by atoms with Crippen molar-refractivity contribution < 1.29 is 4.42 Å². The number of nitrogens with zero attached hydrogens (tertiary/aromatic N) is 1. The molecule has 47 heavy (non-hydrogen) atoms. The predicted octanol–water partition coefficient (Wildman–Crippen LogP) is 12.7. The quantitative estimate of drug-likeness (QED) is 0.195. The number of anilines is 3. The molecule has 0 atom stereocenters. The fourth-order valence-electron chi connectivity index (χ4n) is 7.50. The van der Waals surface area contributed by atoms with Crippen LogP contribution in [-0.4, -0.2) is 0 Å². The van der Waals surface area contributed by atoms with Gasteiger partial charge in [0.05, 0.1) is 5.69 Å². The van der Waals surface area contributed by atoms with Gasteiger partial charge < -0.3 is 9.32 Å². The van der Waals surface area contributed by atoms with Crippen molar-refractivity contribution in [1.29, 1.82) is 0 Å². The molecule has 0 bridgehead atoms. The Morgan fingerprint density at radius 1 is 0.489 bits per heavy atom. The van der Waals surface area contributed by atoms with Crippen molar-refractivity contribution in [3.05, 3.63) is 175 Å². The molecule has 8 aromatic rings. The van der Waals surface area contributed by atoms with Gasteiger partial charge in [-0.2, -0.15) is 0 Å². The van der Waals surface area contributed by atoms with E-state index in [9.17, 15) is 0 Å². The first kappa shape index (κ1) is 27.5. The van der Waals surface area contributed by atoms with Crippen molar-refractivity contribution in [2.75, 3.05) is 4.90 Å². The van der Waals surface area contributed by atoms with Gasteiger partial charge in [0.2, 0.25) is 0 Å². The highest BCUT2D eigenvalue weighted by molar-refractivity contribution is 5.99. The third-order valence-corrected chi connectivity index (χ3v) is 9.86. The third-order valence-electron chi connectivity index (χ3n) is 9.86. The zero-order valence-corrected chi connectivity index (χ0v) is 26.4. The van der Waals surface area contributed by atoms with Crippen LogP contribution in [0.4, 0.5) is 17.1 Å². The molecule has 0 unspecified atom stereocenters. The molecular formula is C45H33NO. The van der Waals surface area contributed by atoms with Crippen LogP contribution in [0.5, 0.6) is 0 Å². The fraction of sp³-hybridized carbons (Fsp3) is 0.0667. The molecular weight excluding hydrogens is 571 g/mol. The first-order valence-corrected chi connectivity index (χ1v) is 16.3. The summed E-state index contributed by atoms with van der Waals surface area (Å²) >= 11 is 0. The van der Waals surface area contributed by atoms with E-state index < -0.39 is 0 Å². The number of rotatable bonds is 5. The number of para-hydroxylation sites is 1. The standard InChI is InChI=1S/C45H33NO/c1-45(2)40-29-34(23-28-38(40)44-43(45)39-16-8-9-18-42(39)47-44)32-21-26-36(27-22-32)46(41-17-10-14-33-13-6-7-15-37(33)41)35-24-19-31(20-25-35)30-11-4-3-5-12-30/h3-29H,1-2H3. The van der Waals surface area contributed by atoms with Crippen molar-refractivity contribution in [1.82, 2.24) is 0 Å². The summed E-state index contributed by atoms with van der Waals surface area (Å²) in [6, 6.07) is 58.9. The van der Waals surface area contributed by atoms with Crippen molar-refractivity contribution in [3.63, 3.8) is 0 Å². The Balaban J connectivity index is 1.12. The van der Waals surface area contributed by atoms with Crippen LogP contribution in [0.15, 0.2) is 168 Å². The fourth-order valence-corrected chi connectivity index (χ4v) is 7.50. The molecule has 0 N–H and O–H groups in total. The van der Waals surface area contributed by atoms with Gasteiger partial charge in [0, 0.05) is 38.7 Å². The first-order chi connectivity index (χ1) is 23.1. The zero-order chi connectivity index (χ0) is 31.5. The van der Waals surface area contributed by atoms with E-state index in [0.717, 1.165) is 28.4 Å². The SMILES string of the molecule is CC1(C)c2cc(-c3ccc(N(c4ccc(-c5ccccc5)cc4)c4cccc5ccccc45)cc3)ccc2-c2oc3ccccc3c21. The lowest BCUT2D eigenvalue weighted by Crippen LogP contribution is -2.15. The monoisotopic (exact) mass is 603 g/mol. The topological polar surface area (TPSA) is 16.4 Å². The summed E-state index contributed by atoms with van der Waals surface area (Å²) < 4.78 is 6.40. The van der Waals surface area contributed by atoms with E-state index in [-0.39, 0.29) is 5.41 Å². The maximum Gasteiger partial charge on any atom is 0.139 e. The average Bonchev–Trinajstić information content (AvgIpc) is 3.62. The Kier molecular flexibility index (Phi) is 6.20. The molecule has 0 saturated heterocycles. The molecule has 0 spiro atoms. The summed E-state index contributed by atoms with van der Waals surface area (Å²) in [5.74, 6) is 1.01. The van der Waals surface area contributed by atoms with Crippen LogP contribution in [0, 0.1) is 0 Å². The van der Waals surface area contributed by atoms with Gasteiger partial charge >= 0.3 is 0 Å². The van der Waals surface area contributed by atoms with Gasteiger partial charge in [-0.1, -0.05) is 135 Å². The van der Waals surface area contributed by atoms with Crippen LogP contribution in [0.25, 0.3) is 55.3 Å². The maximum absolute atomic E-state index is 6.40. The second-order valence-corrected chi connectivity index (χ2v) is 13.0. The summed E-state index contributed by atoms with van der Waals surface area (Å²) in [5.41, 5.74) is 12.8. The van der Waals surface area contributed by atoms with E-state index in [1.54, 1.807) is 0 Å². The molecule has 224 valence electrons. The lowest BCUT2D eigenvalue weighted by atomic mass is 9.80. The summed E-state index contributed by atoms with van der Waals surface area (Å²) in [7, 11) is 0. The summed E-state index contributed by atoms with van der Waals surface area (Å²) in [6.07, 6.45) is 0. The molecule has 0 amide bonds. The molecule has 9 rings (SSSR count). The van der Waals surface area contributed by atoms with E-state index in [0.29, 0.717) is 0 Å². The highest BCUT2D eigenvalue weighted by Crippen LogP contribution is 2.53.